The van der Waals surface area contributed by atoms with Gasteiger partial charge in [-0.1, -0.05) is 12.5 Å². The van der Waals surface area contributed by atoms with Crippen LogP contribution in [0.4, 0.5) is 16.2 Å². The number of urea groups is 1. The highest BCUT2D eigenvalue weighted by Crippen LogP contribution is 2.42. The van der Waals surface area contributed by atoms with Gasteiger partial charge in [0.15, 0.2) is 0 Å². The predicted octanol–water partition coefficient (Wildman–Crippen LogP) is 5.80. The Kier molecular flexibility index (Phi) is 14.8. The molecule has 0 atom stereocenters. The SMILES string of the molecule is CCN(CC)c1ccc2c(-c3ccc(NC(=O)NCCOCCOC(=O)CCCCCO)cc3C(=O)O)c3ccc(=[N+](CC)CC)cc-3oc2c1. The van der Waals surface area contributed by atoms with Gasteiger partial charge >= 0.3 is 18.0 Å². The van der Waals surface area contributed by atoms with Gasteiger partial charge in [-0.3, -0.25) is 4.79 Å². The summed E-state index contributed by atoms with van der Waals surface area (Å²) >= 11 is 0. The Morgan fingerprint density at radius 2 is 1.63 bits per heavy atom. The summed E-state index contributed by atoms with van der Waals surface area (Å²) in [5.41, 5.74) is 4.04. The molecular weight excluding hydrogens is 652 g/mol. The number of rotatable bonds is 19. The largest absolute Gasteiger partial charge is 0.478 e. The van der Waals surface area contributed by atoms with Gasteiger partial charge in [0.05, 0.1) is 24.8 Å². The monoisotopic (exact) mass is 703 g/mol. The molecular formula is C39H51N4O8+. The molecule has 0 saturated carbocycles. The molecule has 1 aliphatic heterocycles. The second kappa shape index (κ2) is 19.5. The summed E-state index contributed by atoms with van der Waals surface area (Å²) in [6.45, 7) is 12.5. The lowest BCUT2D eigenvalue weighted by molar-refractivity contribution is -0.145. The van der Waals surface area contributed by atoms with Crippen LogP contribution in [0.3, 0.4) is 0 Å². The van der Waals surface area contributed by atoms with Crippen molar-refractivity contribution in [2.45, 2.75) is 53.4 Å². The highest BCUT2D eigenvalue weighted by molar-refractivity contribution is 6.08. The molecule has 0 unspecified atom stereocenters. The number of aliphatic hydroxyl groups is 1. The number of ether oxygens (including phenoxy) is 2. The van der Waals surface area contributed by atoms with Crippen molar-refractivity contribution in [2.24, 2.45) is 0 Å². The zero-order valence-corrected chi connectivity index (χ0v) is 30.1. The molecule has 2 aromatic carbocycles. The van der Waals surface area contributed by atoms with Crippen LogP contribution in [-0.2, 0) is 14.3 Å². The van der Waals surface area contributed by atoms with Crippen molar-refractivity contribution < 1.29 is 38.5 Å². The van der Waals surface area contributed by atoms with Gasteiger partial charge < -0.3 is 39.6 Å². The summed E-state index contributed by atoms with van der Waals surface area (Å²) in [5, 5.41) is 26.4. The molecule has 4 N–H and O–H groups in total. The summed E-state index contributed by atoms with van der Waals surface area (Å²) in [4.78, 5) is 39.3. The summed E-state index contributed by atoms with van der Waals surface area (Å²) in [7, 11) is 0. The number of esters is 1. The van der Waals surface area contributed by atoms with Crippen molar-refractivity contribution in [3.8, 4) is 22.5 Å². The Hall–Kier alpha value is -4.94. The molecule has 0 aromatic heterocycles. The van der Waals surface area contributed by atoms with Gasteiger partial charge in [0.25, 0.3) is 0 Å². The normalized spacial score (nSPS) is 11.1. The number of fused-ring (bicyclic) bond motifs is 2. The van der Waals surface area contributed by atoms with Crippen LogP contribution in [0.1, 0.15) is 63.7 Å². The average Bonchev–Trinajstić information content (AvgIpc) is 3.13. The molecule has 274 valence electrons. The number of aromatic carboxylic acids is 1. The van der Waals surface area contributed by atoms with E-state index < -0.39 is 12.0 Å². The van der Waals surface area contributed by atoms with Gasteiger partial charge in [-0.05, 0) is 76.4 Å². The van der Waals surface area contributed by atoms with Crippen LogP contribution in [0.15, 0.2) is 59.0 Å². The minimum absolute atomic E-state index is 0.0357. The maximum atomic E-state index is 12.7. The van der Waals surface area contributed by atoms with Crippen molar-refractivity contribution in [1.82, 2.24) is 9.89 Å². The van der Waals surface area contributed by atoms with Crippen molar-refractivity contribution in [3.05, 3.63) is 65.5 Å². The molecule has 0 bridgehead atoms. The zero-order valence-electron chi connectivity index (χ0n) is 30.1. The summed E-state index contributed by atoms with van der Waals surface area (Å²) in [6, 6.07) is 16.4. The first-order valence-corrected chi connectivity index (χ1v) is 17.8. The van der Waals surface area contributed by atoms with Gasteiger partial charge in [-0.25, -0.2) is 14.2 Å². The average molecular weight is 704 g/mol. The van der Waals surface area contributed by atoms with Gasteiger partial charge in [-0.15, -0.1) is 0 Å². The van der Waals surface area contributed by atoms with E-state index >= 15 is 0 Å². The number of anilines is 2. The highest BCUT2D eigenvalue weighted by Gasteiger charge is 2.23. The van der Waals surface area contributed by atoms with Crippen molar-refractivity contribution in [1.29, 1.82) is 0 Å². The van der Waals surface area contributed by atoms with Crippen LogP contribution in [0.2, 0.25) is 0 Å². The van der Waals surface area contributed by atoms with Crippen LogP contribution in [0.5, 0.6) is 0 Å². The van der Waals surface area contributed by atoms with E-state index in [-0.39, 0.29) is 44.5 Å². The Labute approximate surface area is 299 Å². The maximum absolute atomic E-state index is 12.7. The van der Waals surface area contributed by atoms with Crippen molar-refractivity contribution in [3.63, 3.8) is 0 Å². The fraction of sp³-hybridized carbons (Fsp3) is 0.436. The van der Waals surface area contributed by atoms with Gasteiger partial charge in [-0.2, -0.15) is 0 Å². The van der Waals surface area contributed by atoms with E-state index in [9.17, 15) is 19.5 Å². The summed E-state index contributed by atoms with van der Waals surface area (Å²) in [5.74, 6) is -0.792. The molecule has 51 heavy (non-hydrogen) atoms. The number of amides is 2. The summed E-state index contributed by atoms with van der Waals surface area (Å²) in [6.07, 6.45) is 2.41. The minimum atomic E-state index is -1.13. The third kappa shape index (κ3) is 10.3. The number of benzene rings is 3. The lowest BCUT2D eigenvalue weighted by Gasteiger charge is -2.22. The van der Waals surface area contributed by atoms with Crippen molar-refractivity contribution in [2.75, 3.05) is 69.4 Å². The molecule has 0 spiro atoms. The van der Waals surface area contributed by atoms with Crippen LogP contribution in [-0.4, -0.2) is 87.3 Å². The van der Waals surface area contributed by atoms with E-state index in [1.807, 2.05) is 36.4 Å². The number of carbonyl (C=O) groups is 3. The lowest BCUT2D eigenvalue weighted by Crippen LogP contribution is -2.32. The molecule has 2 aliphatic rings. The minimum Gasteiger partial charge on any atom is -0.478 e. The summed E-state index contributed by atoms with van der Waals surface area (Å²) < 4.78 is 19.3. The van der Waals surface area contributed by atoms with Gasteiger partial charge in [0.2, 0.25) is 5.36 Å². The first-order valence-electron chi connectivity index (χ1n) is 17.8. The molecule has 1 aliphatic carbocycles. The van der Waals surface area contributed by atoms with Crippen LogP contribution < -0.4 is 25.5 Å². The number of carboxylic acids is 1. The molecule has 4 rings (SSSR count). The molecule has 0 saturated heterocycles. The van der Waals surface area contributed by atoms with Crippen LogP contribution in [0, 0.1) is 0 Å². The van der Waals surface area contributed by atoms with Crippen LogP contribution in [0.25, 0.3) is 33.4 Å². The Morgan fingerprint density at radius 3 is 2.33 bits per heavy atom. The highest BCUT2D eigenvalue weighted by atomic mass is 16.6. The maximum Gasteiger partial charge on any atom is 0.336 e. The number of nitrogens with zero attached hydrogens (tertiary/aromatic N) is 2. The number of aliphatic hydroxyl groups excluding tert-OH is 1. The van der Waals surface area contributed by atoms with Crippen molar-refractivity contribution >= 4 is 40.3 Å². The number of unbranched alkanes of at least 4 members (excludes halogenated alkanes) is 2. The Balaban J connectivity index is 1.53. The van der Waals surface area contributed by atoms with Crippen LogP contribution >= 0.6 is 0 Å². The Morgan fingerprint density at radius 1 is 0.863 bits per heavy atom. The molecule has 0 fully saturated rings. The predicted molar refractivity (Wildman–Crippen MR) is 199 cm³/mol. The van der Waals surface area contributed by atoms with Gasteiger partial charge in [0.1, 0.15) is 31.0 Å². The quantitative estimate of drug-likeness (QED) is 0.0411. The molecule has 2 amide bonds. The fourth-order valence-electron chi connectivity index (χ4n) is 6.10. The van der Waals surface area contributed by atoms with E-state index in [1.165, 1.54) is 6.07 Å². The molecule has 0 radical (unpaired) electrons. The standard InChI is InChI=1S/C39H50N4O8/c1-5-42(6-2)28-14-17-31-34(25-28)51-35-26-29(43(7-3)8-4)15-18-32(35)37(31)30-16-13-27(24-33(30)38(46)47)41-39(48)40-19-21-49-22-23-50-36(45)12-10-9-11-20-44/h13-18,24-26,44H,5-12,19-23H2,1-4H3,(H2,40,46,47,48)/p+1. The zero-order chi connectivity index (χ0) is 36.8. The topological polar surface area (TPSA) is 154 Å². The number of hydrogen-bond donors (Lipinski definition) is 4. The fourth-order valence-corrected chi connectivity index (χ4v) is 6.10. The van der Waals surface area contributed by atoms with E-state index in [2.05, 4.69) is 47.8 Å². The molecule has 12 nitrogen and oxygen atoms in total. The number of hydrogen-bond acceptors (Lipinski definition) is 8. The number of nitrogens with one attached hydrogen (secondary N) is 2. The lowest BCUT2D eigenvalue weighted by atomic mass is 9.90. The number of carbonyl (C=O) groups excluding carboxylic acids is 2. The van der Waals surface area contributed by atoms with E-state index in [0.717, 1.165) is 60.2 Å². The smallest absolute Gasteiger partial charge is 0.336 e. The molecule has 2 aromatic rings. The van der Waals surface area contributed by atoms with E-state index in [0.29, 0.717) is 41.9 Å². The number of carboxylic acid groups (broad SMARTS) is 1. The molecule has 1 heterocycles. The first kappa shape index (κ1) is 38.9. The van der Waals surface area contributed by atoms with Gasteiger partial charge in [0, 0.05) is 72.7 Å². The second-order valence-electron chi connectivity index (χ2n) is 12.0. The first-order chi connectivity index (χ1) is 24.7. The molecule has 12 heteroatoms. The third-order valence-electron chi connectivity index (χ3n) is 8.79. The Bertz CT molecular complexity index is 1830. The second-order valence-corrected chi connectivity index (χ2v) is 12.0. The van der Waals surface area contributed by atoms with E-state index in [1.54, 1.807) is 12.1 Å². The third-order valence-corrected chi connectivity index (χ3v) is 8.79. The van der Waals surface area contributed by atoms with E-state index in [4.69, 9.17) is 19.0 Å².